The average molecular weight is 552 g/mol. The van der Waals surface area contributed by atoms with E-state index in [0.29, 0.717) is 28.9 Å². The smallest absolute Gasteiger partial charge is 0.335 e. The summed E-state index contributed by atoms with van der Waals surface area (Å²) in [5.74, 6) is -0.702. The number of halogens is 2. The van der Waals surface area contributed by atoms with E-state index < -0.39 is 5.97 Å². The molecule has 10 heteroatoms. The van der Waals surface area contributed by atoms with Crippen molar-refractivity contribution in [3.05, 3.63) is 75.8 Å². The van der Waals surface area contributed by atoms with Gasteiger partial charge in [-0.05, 0) is 47.5 Å². The summed E-state index contributed by atoms with van der Waals surface area (Å²) < 4.78 is 6.83. The fourth-order valence-electron chi connectivity index (χ4n) is 3.72. The summed E-state index contributed by atoms with van der Waals surface area (Å²) in [6, 6.07) is 16.4. The van der Waals surface area contributed by atoms with E-state index in [1.54, 1.807) is 24.3 Å². The summed E-state index contributed by atoms with van der Waals surface area (Å²) in [4.78, 5) is 26.9. The third-order valence-corrected chi connectivity index (χ3v) is 8.56. The lowest BCUT2D eigenvalue weighted by molar-refractivity contribution is -0.119. The zero-order valence-corrected chi connectivity index (χ0v) is 21.9. The minimum Gasteiger partial charge on any atom is -0.478 e. The van der Waals surface area contributed by atoms with Gasteiger partial charge in [-0.2, -0.15) is 0 Å². The first-order valence-electron chi connectivity index (χ1n) is 11.0. The molecule has 2 aromatic carbocycles. The van der Waals surface area contributed by atoms with Crippen LogP contribution in [0.1, 0.15) is 15.9 Å². The summed E-state index contributed by atoms with van der Waals surface area (Å²) in [6.07, 6.45) is -0.0738. The number of hydrogen-bond acceptors (Lipinski definition) is 6. The molecule has 1 amide bonds. The molecule has 35 heavy (non-hydrogen) atoms. The Morgan fingerprint density at radius 1 is 1.14 bits per heavy atom. The van der Waals surface area contributed by atoms with Gasteiger partial charge in [0.1, 0.15) is 0 Å². The Labute approximate surface area is 222 Å². The lowest BCUT2D eigenvalue weighted by Gasteiger charge is -2.33. The molecule has 1 saturated heterocycles. The Hall–Kier alpha value is -2.07. The quantitative estimate of drug-likeness (QED) is 0.341. The Morgan fingerprint density at radius 3 is 2.80 bits per heavy atom. The molecule has 1 aliphatic rings. The molecule has 6 nitrogen and oxygen atoms in total. The summed E-state index contributed by atoms with van der Waals surface area (Å²) >= 11 is 15.1. The van der Waals surface area contributed by atoms with Crippen LogP contribution in [-0.2, 0) is 16.1 Å². The van der Waals surface area contributed by atoms with Crippen LogP contribution in [0, 0.1) is 0 Å². The number of aromatic carboxylic acids is 1. The fourth-order valence-corrected chi connectivity index (χ4v) is 5.99. The molecule has 4 rings (SSSR count). The van der Waals surface area contributed by atoms with E-state index in [9.17, 15) is 14.7 Å². The van der Waals surface area contributed by atoms with Crippen molar-refractivity contribution in [2.75, 3.05) is 32.0 Å². The van der Waals surface area contributed by atoms with Gasteiger partial charge in [-0.25, -0.2) is 4.79 Å². The number of benzene rings is 2. The third kappa shape index (κ3) is 7.46. The molecule has 0 bridgehead atoms. The highest BCUT2D eigenvalue weighted by Gasteiger charge is 2.21. The van der Waals surface area contributed by atoms with Crippen LogP contribution < -0.4 is 5.32 Å². The van der Waals surface area contributed by atoms with Gasteiger partial charge in [-0.3, -0.25) is 9.69 Å². The van der Waals surface area contributed by atoms with Crippen molar-refractivity contribution in [2.24, 2.45) is 0 Å². The van der Waals surface area contributed by atoms with E-state index in [2.05, 4.69) is 10.2 Å². The number of thiophene rings is 1. The van der Waals surface area contributed by atoms with Crippen LogP contribution in [0.2, 0.25) is 10.0 Å². The van der Waals surface area contributed by atoms with E-state index in [4.69, 9.17) is 27.9 Å². The van der Waals surface area contributed by atoms with Crippen LogP contribution in [-0.4, -0.2) is 60.0 Å². The normalized spacial score (nSPS) is 16.2. The number of carbonyl (C=O) groups is 2. The van der Waals surface area contributed by atoms with Crippen LogP contribution in [0.4, 0.5) is 0 Å². The number of hydrogen-bond donors (Lipinski definition) is 2. The van der Waals surface area contributed by atoms with Gasteiger partial charge in [0.15, 0.2) is 0 Å². The lowest BCUT2D eigenvalue weighted by Crippen LogP contribution is -2.47. The number of nitrogens with one attached hydrogen (secondary N) is 1. The lowest BCUT2D eigenvalue weighted by atomic mass is 10.1. The van der Waals surface area contributed by atoms with Gasteiger partial charge in [0.25, 0.3) is 0 Å². The highest BCUT2D eigenvalue weighted by molar-refractivity contribution is 8.01. The van der Waals surface area contributed by atoms with Crippen LogP contribution >= 0.6 is 46.3 Å². The van der Waals surface area contributed by atoms with Crippen LogP contribution in [0.5, 0.6) is 0 Å². The maximum atomic E-state index is 12.4. The predicted octanol–water partition coefficient (Wildman–Crippen LogP) is 5.53. The number of amides is 1. The molecule has 184 valence electrons. The van der Waals surface area contributed by atoms with Gasteiger partial charge in [0.05, 0.1) is 38.3 Å². The number of thioether (sulfide) groups is 1. The summed E-state index contributed by atoms with van der Waals surface area (Å²) in [5.41, 5.74) is 2.20. The zero-order valence-electron chi connectivity index (χ0n) is 18.7. The number of carboxylic acid groups (broad SMARTS) is 1. The molecular weight excluding hydrogens is 527 g/mol. The van der Waals surface area contributed by atoms with Crippen molar-refractivity contribution in [1.29, 1.82) is 0 Å². The minimum absolute atomic E-state index is 0.0527. The van der Waals surface area contributed by atoms with Crippen molar-refractivity contribution in [2.45, 2.75) is 16.9 Å². The second-order valence-electron chi connectivity index (χ2n) is 8.07. The van der Waals surface area contributed by atoms with Gasteiger partial charge < -0.3 is 15.2 Å². The van der Waals surface area contributed by atoms with E-state index >= 15 is 0 Å². The van der Waals surface area contributed by atoms with Gasteiger partial charge in [0, 0.05) is 31.1 Å². The Balaban J connectivity index is 1.22. The number of morpholine rings is 1. The van der Waals surface area contributed by atoms with Gasteiger partial charge in [-0.1, -0.05) is 41.4 Å². The second-order valence-corrected chi connectivity index (χ2v) is 11.2. The summed E-state index contributed by atoms with van der Waals surface area (Å²) in [5, 5.41) is 13.2. The minimum atomic E-state index is -0.950. The van der Waals surface area contributed by atoms with Crippen molar-refractivity contribution in [3.63, 3.8) is 0 Å². The molecule has 2 N–H and O–H groups in total. The Bertz CT molecular complexity index is 1200. The van der Waals surface area contributed by atoms with Crippen LogP contribution in [0.15, 0.2) is 58.8 Å². The molecule has 1 aliphatic heterocycles. The monoisotopic (exact) mass is 550 g/mol. The fraction of sp³-hybridized carbons (Fsp3) is 0.280. The SMILES string of the molecule is O=C(CSc1ccc(-c2cccc(C(=O)O)c2)s1)NC[C@H]1CN(Cc2ccc(Cl)c(Cl)c2)CCO1. The molecule has 0 saturated carbocycles. The summed E-state index contributed by atoms with van der Waals surface area (Å²) in [6.45, 7) is 3.34. The predicted molar refractivity (Wildman–Crippen MR) is 142 cm³/mol. The van der Waals surface area contributed by atoms with Gasteiger partial charge >= 0.3 is 5.97 Å². The topological polar surface area (TPSA) is 78.9 Å². The average Bonchev–Trinajstić information content (AvgIpc) is 3.33. The largest absolute Gasteiger partial charge is 0.478 e. The van der Waals surface area contributed by atoms with Crippen molar-refractivity contribution >= 4 is 58.2 Å². The maximum Gasteiger partial charge on any atom is 0.335 e. The number of carboxylic acids is 1. The molecule has 3 aromatic rings. The molecule has 1 atom stereocenters. The highest BCUT2D eigenvalue weighted by atomic mass is 35.5. The van der Waals surface area contributed by atoms with Crippen molar-refractivity contribution < 1.29 is 19.4 Å². The molecule has 2 heterocycles. The first-order chi connectivity index (χ1) is 16.9. The number of rotatable bonds is 9. The van der Waals surface area contributed by atoms with Gasteiger partial charge in [-0.15, -0.1) is 23.1 Å². The van der Waals surface area contributed by atoms with E-state index in [1.165, 1.54) is 23.1 Å². The zero-order chi connectivity index (χ0) is 24.8. The van der Waals surface area contributed by atoms with Crippen LogP contribution in [0.3, 0.4) is 0 Å². The van der Waals surface area contributed by atoms with Crippen molar-refractivity contribution in [1.82, 2.24) is 10.2 Å². The number of ether oxygens (including phenoxy) is 1. The molecule has 0 aliphatic carbocycles. The van der Waals surface area contributed by atoms with E-state index in [-0.39, 0.29) is 17.6 Å². The highest BCUT2D eigenvalue weighted by Crippen LogP contribution is 2.34. The maximum absolute atomic E-state index is 12.4. The number of nitrogens with zero attached hydrogens (tertiary/aromatic N) is 1. The Morgan fingerprint density at radius 2 is 2.00 bits per heavy atom. The molecule has 1 fully saturated rings. The van der Waals surface area contributed by atoms with Gasteiger partial charge in [0.2, 0.25) is 5.91 Å². The molecule has 0 unspecified atom stereocenters. The van der Waals surface area contributed by atoms with Crippen molar-refractivity contribution in [3.8, 4) is 10.4 Å². The molecular formula is C25H24Cl2N2O4S2. The van der Waals surface area contributed by atoms with E-state index in [0.717, 1.165) is 39.8 Å². The molecule has 0 radical (unpaired) electrons. The molecule has 0 spiro atoms. The van der Waals surface area contributed by atoms with Crippen LogP contribution in [0.25, 0.3) is 10.4 Å². The van der Waals surface area contributed by atoms with E-state index in [1.807, 2.05) is 30.3 Å². The first-order valence-corrected chi connectivity index (χ1v) is 13.5. The number of carbonyl (C=O) groups excluding carboxylic acids is 1. The molecule has 1 aromatic heterocycles. The summed E-state index contributed by atoms with van der Waals surface area (Å²) in [7, 11) is 0. The third-order valence-electron chi connectivity index (χ3n) is 5.46. The second kappa shape index (κ2) is 12.3. The first kappa shape index (κ1) is 26.0. The Kier molecular flexibility index (Phi) is 9.10. The standard InChI is InChI=1S/C25H24Cl2N2O4S2/c26-20-5-4-16(10-21(20)27)13-29-8-9-33-19(14-29)12-28-23(30)15-34-24-7-6-22(35-24)17-2-1-3-18(11-17)25(31)32/h1-7,10-11,19H,8-9,12-15H2,(H,28,30)(H,31,32)/t19-/m0/s1.